The third-order valence-electron chi connectivity index (χ3n) is 8.20. The number of hydrogen-bond acceptors (Lipinski definition) is 9. The number of piperidine rings is 1. The average molecular weight is 721 g/mol. The number of likely N-dealkylation sites (tertiary alicyclic amines) is 1. The van der Waals surface area contributed by atoms with Crippen LogP contribution >= 0.6 is 46.3 Å². The lowest BCUT2D eigenvalue weighted by molar-refractivity contribution is -0.119. The Morgan fingerprint density at radius 2 is 1.89 bits per heavy atom. The van der Waals surface area contributed by atoms with Crippen LogP contribution in [0.5, 0.6) is 0 Å². The summed E-state index contributed by atoms with van der Waals surface area (Å²) < 4.78 is 12.6. The van der Waals surface area contributed by atoms with Gasteiger partial charge in [0.25, 0.3) is 0 Å². The molecule has 1 N–H and O–H groups in total. The zero-order valence-electron chi connectivity index (χ0n) is 27.7. The second-order valence-corrected chi connectivity index (χ2v) is 16.3. The van der Waals surface area contributed by atoms with E-state index in [0.717, 1.165) is 59.3 Å². The highest BCUT2D eigenvalue weighted by Crippen LogP contribution is 2.35. The third-order valence-corrected chi connectivity index (χ3v) is 11.0. The second-order valence-electron chi connectivity index (χ2n) is 13.4. The van der Waals surface area contributed by atoms with Crippen LogP contribution in [0.1, 0.15) is 53.0 Å². The van der Waals surface area contributed by atoms with Gasteiger partial charge in [-0.2, -0.15) is 0 Å². The standard InChI is InChI=1S/C34H43Cl2N5O4S2/c1-33(2,3)45-32(43)41-30(19-44-34(41,4)5)39(6)25-9-7-8-23(17-25)28-20-46-31(38-28)47-21-29(42)37-24-12-14-40(15-13-24)18-22-10-11-26(35)27(36)16-22/h7-11,16-17,20,24,30H,12-15,18-19,21H2,1-6H3,(H,37,42)/t30-/m0/s1. The van der Waals surface area contributed by atoms with Crippen LogP contribution in [0.3, 0.4) is 0 Å². The molecule has 0 spiro atoms. The van der Waals surface area contributed by atoms with Crippen molar-refractivity contribution in [2.45, 2.75) is 81.9 Å². The van der Waals surface area contributed by atoms with Gasteiger partial charge in [0.1, 0.15) is 17.5 Å². The summed E-state index contributed by atoms with van der Waals surface area (Å²) in [6.45, 7) is 12.3. The normalized spacial score (nSPS) is 18.7. The van der Waals surface area contributed by atoms with Gasteiger partial charge < -0.3 is 19.7 Å². The van der Waals surface area contributed by atoms with Crippen molar-refractivity contribution in [3.63, 3.8) is 0 Å². The van der Waals surface area contributed by atoms with Crippen molar-refractivity contribution in [1.29, 1.82) is 0 Å². The van der Waals surface area contributed by atoms with Gasteiger partial charge in [-0.15, -0.1) is 11.3 Å². The van der Waals surface area contributed by atoms with Gasteiger partial charge in [0, 0.05) is 49.4 Å². The van der Waals surface area contributed by atoms with E-state index in [9.17, 15) is 9.59 Å². The molecule has 47 heavy (non-hydrogen) atoms. The summed E-state index contributed by atoms with van der Waals surface area (Å²) in [6.07, 6.45) is 1.06. The molecule has 0 bridgehead atoms. The Kier molecular flexibility index (Phi) is 11.4. The molecule has 3 aromatic rings. The summed E-state index contributed by atoms with van der Waals surface area (Å²) >= 11 is 15.2. The molecule has 254 valence electrons. The number of ether oxygens (including phenoxy) is 2. The van der Waals surface area contributed by atoms with E-state index in [1.807, 2.05) is 88.3 Å². The van der Waals surface area contributed by atoms with Gasteiger partial charge in [-0.05, 0) is 77.3 Å². The van der Waals surface area contributed by atoms with Crippen LogP contribution in [0.25, 0.3) is 11.3 Å². The lowest BCUT2D eigenvalue weighted by Gasteiger charge is -2.38. The van der Waals surface area contributed by atoms with Crippen molar-refractivity contribution in [2.75, 3.05) is 37.4 Å². The highest BCUT2D eigenvalue weighted by atomic mass is 35.5. The smallest absolute Gasteiger partial charge is 0.414 e. The molecule has 2 saturated heterocycles. The fourth-order valence-corrected chi connectivity index (χ4v) is 7.73. The summed E-state index contributed by atoms with van der Waals surface area (Å²) in [4.78, 5) is 36.9. The topological polar surface area (TPSA) is 87.2 Å². The molecule has 0 aliphatic carbocycles. The van der Waals surface area contributed by atoms with E-state index < -0.39 is 17.4 Å². The van der Waals surface area contributed by atoms with E-state index in [1.165, 1.54) is 23.1 Å². The number of carbonyl (C=O) groups is 2. The van der Waals surface area contributed by atoms with Crippen LogP contribution < -0.4 is 10.2 Å². The summed E-state index contributed by atoms with van der Waals surface area (Å²) in [5.41, 5.74) is 2.43. The number of likely N-dealkylation sites (N-methyl/N-ethyl adjacent to an activating group) is 1. The number of carbonyl (C=O) groups excluding carboxylic acids is 2. The van der Waals surface area contributed by atoms with Gasteiger partial charge in [-0.3, -0.25) is 14.6 Å². The lowest BCUT2D eigenvalue weighted by atomic mass is 10.0. The molecule has 9 nitrogen and oxygen atoms in total. The molecule has 2 amide bonds. The SMILES string of the molecule is CN(c1cccc(-c2csc(SCC(=O)NC3CCN(Cc4ccc(Cl)c(Cl)c4)CC3)n2)c1)[C@@H]1COC(C)(C)N1C(=O)OC(C)(C)C. The molecule has 1 aromatic heterocycles. The number of anilines is 1. The molecule has 13 heteroatoms. The van der Waals surface area contributed by atoms with Crippen molar-refractivity contribution in [3.8, 4) is 11.3 Å². The van der Waals surface area contributed by atoms with Gasteiger partial charge in [0.2, 0.25) is 5.91 Å². The average Bonchev–Trinajstić information content (AvgIpc) is 3.61. The molecule has 0 unspecified atom stereocenters. The zero-order chi connectivity index (χ0) is 33.9. The number of halogens is 2. The van der Waals surface area contributed by atoms with Crippen molar-refractivity contribution < 1.29 is 19.1 Å². The van der Waals surface area contributed by atoms with Crippen LogP contribution in [-0.2, 0) is 20.8 Å². The zero-order valence-corrected chi connectivity index (χ0v) is 30.9. The minimum absolute atomic E-state index is 0.0227. The molecular weight excluding hydrogens is 677 g/mol. The van der Waals surface area contributed by atoms with E-state index in [2.05, 4.69) is 16.3 Å². The second kappa shape index (κ2) is 14.9. The summed E-state index contributed by atoms with van der Waals surface area (Å²) in [5.74, 6) is 0.339. The highest BCUT2D eigenvalue weighted by molar-refractivity contribution is 8.01. The maximum absolute atomic E-state index is 13.2. The molecule has 2 aliphatic rings. The maximum Gasteiger partial charge on any atom is 0.414 e. The number of thioether (sulfide) groups is 1. The number of nitrogens with one attached hydrogen (secondary N) is 1. The van der Waals surface area contributed by atoms with Gasteiger partial charge in [-0.25, -0.2) is 9.78 Å². The first-order valence-electron chi connectivity index (χ1n) is 15.7. The minimum atomic E-state index is -0.809. The summed E-state index contributed by atoms with van der Waals surface area (Å²) in [7, 11) is 1.95. The van der Waals surface area contributed by atoms with Gasteiger partial charge in [-0.1, -0.05) is 53.2 Å². The predicted octanol–water partition coefficient (Wildman–Crippen LogP) is 7.76. The van der Waals surface area contributed by atoms with Crippen molar-refractivity contribution >= 4 is 64.0 Å². The summed E-state index contributed by atoms with van der Waals surface area (Å²) in [6, 6.07) is 14.0. The van der Waals surface area contributed by atoms with E-state index in [-0.39, 0.29) is 18.1 Å². The Morgan fingerprint density at radius 1 is 1.15 bits per heavy atom. The number of nitrogens with zero attached hydrogens (tertiary/aromatic N) is 4. The van der Waals surface area contributed by atoms with Gasteiger partial charge >= 0.3 is 6.09 Å². The van der Waals surface area contributed by atoms with E-state index >= 15 is 0 Å². The predicted molar refractivity (Wildman–Crippen MR) is 191 cm³/mol. The highest BCUT2D eigenvalue weighted by Gasteiger charge is 2.47. The van der Waals surface area contributed by atoms with Crippen LogP contribution in [0, 0.1) is 0 Å². The third kappa shape index (κ3) is 9.33. The first kappa shape index (κ1) is 35.8. The quantitative estimate of drug-likeness (QED) is 0.225. The Bertz CT molecular complexity index is 1570. The van der Waals surface area contributed by atoms with E-state index in [4.69, 9.17) is 37.7 Å². The largest absolute Gasteiger partial charge is 0.444 e. The fraction of sp³-hybridized carbons (Fsp3) is 0.500. The van der Waals surface area contributed by atoms with Crippen molar-refractivity contribution in [2.24, 2.45) is 0 Å². The van der Waals surface area contributed by atoms with Crippen LogP contribution in [0.4, 0.5) is 10.5 Å². The van der Waals surface area contributed by atoms with Crippen LogP contribution in [0.2, 0.25) is 10.0 Å². The number of aromatic nitrogens is 1. The molecule has 2 aliphatic heterocycles. The molecule has 0 saturated carbocycles. The summed E-state index contributed by atoms with van der Waals surface area (Å²) in [5, 5.41) is 6.35. The molecule has 3 heterocycles. The number of thiazole rings is 1. The number of hydrogen-bond donors (Lipinski definition) is 1. The van der Waals surface area contributed by atoms with Crippen LogP contribution in [0.15, 0.2) is 52.2 Å². The maximum atomic E-state index is 13.2. The molecule has 5 rings (SSSR count). The van der Waals surface area contributed by atoms with E-state index in [1.54, 1.807) is 4.90 Å². The Hall–Kier alpha value is -2.54. The minimum Gasteiger partial charge on any atom is -0.444 e. The molecule has 2 aromatic carbocycles. The number of amides is 2. The first-order chi connectivity index (χ1) is 22.2. The van der Waals surface area contributed by atoms with E-state index in [0.29, 0.717) is 22.4 Å². The molecule has 0 radical (unpaired) electrons. The van der Waals surface area contributed by atoms with Crippen molar-refractivity contribution in [3.05, 3.63) is 63.5 Å². The first-order valence-corrected chi connectivity index (χ1v) is 18.3. The Labute approximate surface area is 295 Å². The van der Waals surface area contributed by atoms with Crippen molar-refractivity contribution in [1.82, 2.24) is 20.1 Å². The monoisotopic (exact) mass is 719 g/mol. The van der Waals surface area contributed by atoms with Gasteiger partial charge in [0.15, 0.2) is 4.34 Å². The van der Waals surface area contributed by atoms with Crippen LogP contribution in [-0.4, -0.2) is 82.8 Å². The molecule has 1 atom stereocenters. The van der Waals surface area contributed by atoms with Gasteiger partial charge in [0.05, 0.1) is 28.1 Å². The molecule has 2 fully saturated rings. The fourth-order valence-electron chi connectivity index (χ4n) is 5.76. The number of rotatable bonds is 9. The Balaban J connectivity index is 1.12. The lowest BCUT2D eigenvalue weighted by Crippen LogP contribution is -2.55. The number of benzene rings is 2. The molecular formula is C34H43Cl2N5O4S2. The Morgan fingerprint density at radius 3 is 2.60 bits per heavy atom.